The normalized spacial score (nSPS) is 12.8. The Morgan fingerprint density at radius 2 is 2.18 bits per heavy atom. The summed E-state index contributed by atoms with van der Waals surface area (Å²) in [6, 6.07) is 1.27. The molecule has 0 spiro atoms. The first kappa shape index (κ1) is 14.6. The van der Waals surface area contributed by atoms with Crippen molar-refractivity contribution < 1.29 is 4.79 Å². The van der Waals surface area contributed by atoms with Gasteiger partial charge in [0.25, 0.3) is 0 Å². The number of nitrogens with one attached hydrogen (secondary N) is 1. The minimum Gasteiger partial charge on any atom is -0.368 e. The van der Waals surface area contributed by atoms with E-state index in [-0.39, 0.29) is 0 Å². The number of rotatable bonds is 5. The van der Waals surface area contributed by atoms with Crippen molar-refractivity contribution >= 4 is 37.8 Å². The third kappa shape index (κ3) is 4.37. The number of hydrogen-bond donors (Lipinski definition) is 2. The van der Waals surface area contributed by atoms with E-state index in [1.807, 2.05) is 6.07 Å². The van der Waals surface area contributed by atoms with Crippen LogP contribution in [0.4, 0.5) is 0 Å². The van der Waals surface area contributed by atoms with Crippen LogP contribution in [-0.4, -0.2) is 17.4 Å². The number of pyridine rings is 1. The average molecular weight is 365 g/mol. The van der Waals surface area contributed by atoms with E-state index in [9.17, 15) is 4.79 Å². The SMILES string of the molecule is CC(C)CNC(C(N)=O)c1ncc(Br)cc1Br. The maximum Gasteiger partial charge on any atom is 0.240 e. The predicted molar refractivity (Wildman–Crippen MR) is 74.4 cm³/mol. The highest BCUT2D eigenvalue weighted by molar-refractivity contribution is 9.11. The van der Waals surface area contributed by atoms with Crippen LogP contribution < -0.4 is 11.1 Å². The standard InChI is InChI=1S/C11H15Br2N3O/c1-6(2)4-15-10(11(14)17)9-8(13)3-7(12)5-16-9/h3,5-6,10,15H,4H2,1-2H3,(H2,14,17). The average Bonchev–Trinajstić information content (AvgIpc) is 2.20. The molecule has 0 aliphatic rings. The molecule has 6 heteroatoms. The van der Waals surface area contributed by atoms with Crippen molar-refractivity contribution in [3.05, 3.63) is 26.9 Å². The lowest BCUT2D eigenvalue weighted by atomic mass is 10.1. The summed E-state index contributed by atoms with van der Waals surface area (Å²) >= 11 is 6.70. The molecule has 1 unspecified atom stereocenters. The summed E-state index contributed by atoms with van der Waals surface area (Å²) < 4.78 is 1.60. The molecule has 1 aromatic rings. The number of aromatic nitrogens is 1. The Balaban J connectivity index is 2.93. The van der Waals surface area contributed by atoms with E-state index < -0.39 is 11.9 Å². The fraction of sp³-hybridized carbons (Fsp3) is 0.455. The van der Waals surface area contributed by atoms with Crippen molar-refractivity contribution in [1.82, 2.24) is 10.3 Å². The minimum atomic E-state index is -0.570. The lowest BCUT2D eigenvalue weighted by Crippen LogP contribution is -2.36. The van der Waals surface area contributed by atoms with Gasteiger partial charge in [-0.15, -0.1) is 0 Å². The quantitative estimate of drug-likeness (QED) is 0.842. The number of hydrogen-bond acceptors (Lipinski definition) is 3. The summed E-state index contributed by atoms with van der Waals surface area (Å²) in [5.41, 5.74) is 6.00. The van der Waals surface area contributed by atoms with Gasteiger partial charge in [-0.05, 0) is 50.4 Å². The minimum absolute atomic E-state index is 0.429. The predicted octanol–water partition coefficient (Wildman–Crippen LogP) is 2.38. The van der Waals surface area contributed by atoms with E-state index in [0.29, 0.717) is 18.2 Å². The molecule has 0 saturated carbocycles. The fourth-order valence-electron chi connectivity index (χ4n) is 1.32. The van der Waals surface area contributed by atoms with Crippen molar-refractivity contribution in [1.29, 1.82) is 0 Å². The second kappa shape index (κ2) is 6.47. The summed E-state index contributed by atoms with van der Waals surface area (Å²) in [6.07, 6.45) is 1.65. The van der Waals surface area contributed by atoms with Crippen LogP contribution in [-0.2, 0) is 4.79 Å². The lowest BCUT2D eigenvalue weighted by molar-refractivity contribution is -0.120. The molecule has 0 saturated heterocycles. The molecule has 17 heavy (non-hydrogen) atoms. The molecule has 1 amide bonds. The van der Waals surface area contributed by atoms with Crippen LogP contribution in [0.25, 0.3) is 0 Å². The van der Waals surface area contributed by atoms with Gasteiger partial charge in [0.05, 0.1) is 5.69 Å². The van der Waals surface area contributed by atoms with E-state index in [0.717, 1.165) is 8.95 Å². The second-order valence-corrected chi connectivity index (χ2v) is 5.93. The van der Waals surface area contributed by atoms with Gasteiger partial charge in [0, 0.05) is 15.1 Å². The topological polar surface area (TPSA) is 68.0 Å². The molecule has 1 aromatic heterocycles. The molecule has 1 atom stereocenters. The molecule has 0 fully saturated rings. The number of primary amides is 1. The van der Waals surface area contributed by atoms with Crippen LogP contribution in [0.5, 0.6) is 0 Å². The first-order valence-corrected chi connectivity index (χ1v) is 6.84. The van der Waals surface area contributed by atoms with Gasteiger partial charge in [-0.25, -0.2) is 0 Å². The van der Waals surface area contributed by atoms with Crippen LogP contribution >= 0.6 is 31.9 Å². The Bertz CT molecular complexity index is 410. The van der Waals surface area contributed by atoms with Gasteiger partial charge in [-0.1, -0.05) is 13.8 Å². The molecule has 3 N–H and O–H groups in total. The van der Waals surface area contributed by atoms with Gasteiger partial charge in [-0.2, -0.15) is 0 Å². The van der Waals surface area contributed by atoms with Crippen molar-refractivity contribution in [2.24, 2.45) is 11.7 Å². The van der Waals surface area contributed by atoms with E-state index in [1.54, 1.807) is 6.20 Å². The van der Waals surface area contributed by atoms with Crippen LogP contribution in [0.15, 0.2) is 21.2 Å². The number of carbonyl (C=O) groups excluding carboxylic acids is 1. The van der Waals surface area contributed by atoms with E-state index in [4.69, 9.17) is 5.73 Å². The molecular formula is C11H15Br2N3O. The van der Waals surface area contributed by atoms with Crippen LogP contribution in [0.3, 0.4) is 0 Å². The van der Waals surface area contributed by atoms with Crippen molar-refractivity contribution in [3.8, 4) is 0 Å². The molecule has 1 rings (SSSR count). The third-order valence-electron chi connectivity index (χ3n) is 2.12. The van der Waals surface area contributed by atoms with Crippen LogP contribution in [0, 0.1) is 5.92 Å². The zero-order chi connectivity index (χ0) is 13.0. The summed E-state index contributed by atoms with van der Waals surface area (Å²) in [6.45, 7) is 4.84. The number of nitrogens with two attached hydrogens (primary N) is 1. The molecule has 4 nitrogen and oxygen atoms in total. The van der Waals surface area contributed by atoms with Crippen molar-refractivity contribution in [2.75, 3.05) is 6.54 Å². The van der Waals surface area contributed by atoms with E-state index in [2.05, 4.69) is 56.0 Å². The van der Waals surface area contributed by atoms with Gasteiger partial charge < -0.3 is 11.1 Å². The smallest absolute Gasteiger partial charge is 0.240 e. The zero-order valence-electron chi connectivity index (χ0n) is 9.71. The monoisotopic (exact) mass is 363 g/mol. The molecule has 0 aromatic carbocycles. The maximum absolute atomic E-state index is 11.4. The van der Waals surface area contributed by atoms with Gasteiger partial charge in [0.1, 0.15) is 6.04 Å². The van der Waals surface area contributed by atoms with Gasteiger partial charge >= 0.3 is 0 Å². The van der Waals surface area contributed by atoms with Gasteiger partial charge in [0.2, 0.25) is 5.91 Å². The largest absolute Gasteiger partial charge is 0.368 e. The van der Waals surface area contributed by atoms with E-state index in [1.165, 1.54) is 0 Å². The van der Waals surface area contributed by atoms with E-state index >= 15 is 0 Å². The Kier molecular flexibility index (Phi) is 5.55. The number of halogens is 2. The molecule has 0 radical (unpaired) electrons. The third-order valence-corrected chi connectivity index (χ3v) is 3.19. The first-order chi connectivity index (χ1) is 7.91. The van der Waals surface area contributed by atoms with Crippen LogP contribution in [0.2, 0.25) is 0 Å². The summed E-state index contributed by atoms with van der Waals surface area (Å²) in [5.74, 6) is 0.00671. The Labute approximate surface area is 118 Å². The Hall–Kier alpha value is -0.460. The fourth-order valence-corrected chi connectivity index (χ4v) is 2.54. The highest BCUT2D eigenvalue weighted by Gasteiger charge is 2.21. The number of carbonyl (C=O) groups is 1. The van der Waals surface area contributed by atoms with Gasteiger partial charge in [0.15, 0.2) is 0 Å². The summed E-state index contributed by atoms with van der Waals surface area (Å²) in [7, 11) is 0. The maximum atomic E-state index is 11.4. The Morgan fingerprint density at radius 3 is 2.65 bits per heavy atom. The molecule has 1 heterocycles. The molecular weight excluding hydrogens is 350 g/mol. The molecule has 0 bridgehead atoms. The summed E-state index contributed by atoms with van der Waals surface area (Å²) in [4.78, 5) is 15.7. The summed E-state index contributed by atoms with van der Waals surface area (Å²) in [5, 5.41) is 3.11. The zero-order valence-corrected chi connectivity index (χ0v) is 12.9. The van der Waals surface area contributed by atoms with Crippen molar-refractivity contribution in [3.63, 3.8) is 0 Å². The number of nitrogens with zero attached hydrogens (tertiary/aromatic N) is 1. The van der Waals surface area contributed by atoms with Crippen LogP contribution in [0.1, 0.15) is 25.6 Å². The molecule has 0 aliphatic heterocycles. The van der Waals surface area contributed by atoms with Gasteiger partial charge in [-0.3, -0.25) is 9.78 Å². The lowest BCUT2D eigenvalue weighted by Gasteiger charge is -2.17. The second-order valence-electron chi connectivity index (χ2n) is 4.16. The highest BCUT2D eigenvalue weighted by Crippen LogP contribution is 2.24. The first-order valence-electron chi connectivity index (χ1n) is 5.25. The number of amides is 1. The van der Waals surface area contributed by atoms with Crippen molar-refractivity contribution in [2.45, 2.75) is 19.9 Å². The highest BCUT2D eigenvalue weighted by atomic mass is 79.9. The Morgan fingerprint density at radius 1 is 1.53 bits per heavy atom. The molecule has 0 aliphatic carbocycles. The molecule has 94 valence electrons.